The third-order valence-electron chi connectivity index (χ3n) is 3.78. The fourth-order valence-corrected chi connectivity index (χ4v) is 3.30. The topological polar surface area (TPSA) is 69.2 Å². The van der Waals surface area contributed by atoms with Crippen LogP contribution in [0, 0.1) is 5.21 Å². The van der Waals surface area contributed by atoms with Gasteiger partial charge in [-0.05, 0) is 17.8 Å². The monoisotopic (exact) mass is 352 g/mol. The molecule has 120 valence electrons. The molecule has 22 heavy (non-hydrogen) atoms. The van der Waals surface area contributed by atoms with Gasteiger partial charge < -0.3 is 6.63 Å². The van der Waals surface area contributed by atoms with Crippen molar-refractivity contribution in [2.75, 3.05) is 19.6 Å². The van der Waals surface area contributed by atoms with Crippen LogP contribution in [-0.2, 0) is 0 Å². The Bertz CT molecular complexity index is 503. The van der Waals surface area contributed by atoms with Crippen molar-refractivity contribution in [3.63, 3.8) is 0 Å². The van der Waals surface area contributed by atoms with Crippen molar-refractivity contribution < 1.29 is 57.6 Å². The number of hydroxylamine groups is 2. The van der Waals surface area contributed by atoms with Gasteiger partial charge >= 0.3 is 62.5 Å². The van der Waals surface area contributed by atoms with Crippen molar-refractivity contribution >= 4 is 22.5 Å². The molecule has 0 spiro atoms. The number of amides is 2. The number of quaternary nitrogens is 1. The van der Waals surface area contributed by atoms with E-state index >= 15 is 0 Å². The van der Waals surface area contributed by atoms with Gasteiger partial charge in [0.1, 0.15) is 11.6 Å². The summed E-state index contributed by atoms with van der Waals surface area (Å²) in [6.45, 7) is 7.61. The fraction of sp³-hybridized carbons (Fsp3) is 0.786. The van der Waals surface area contributed by atoms with E-state index in [4.69, 9.17) is 0 Å². The maximum Gasteiger partial charge on any atom is 1.00 e. The third kappa shape index (κ3) is 4.57. The summed E-state index contributed by atoms with van der Waals surface area (Å²) >= 11 is 1.26. The first-order valence-electron chi connectivity index (χ1n) is 7.71. The standard InChI is InChI=1S/C14H24N4O2S.K.H/c1-4-5-6-7-8-17-9-10-18(20,14(17)19)13-16-15-12(21-13)11(2)3;;/h11H,4-10H2,1-3H3;;/q;+1;-1. The number of carbonyl (C=O) groups is 1. The van der Waals surface area contributed by atoms with Crippen LogP contribution in [-0.4, -0.2) is 40.8 Å². The van der Waals surface area contributed by atoms with Gasteiger partial charge in [-0.3, -0.25) is 4.90 Å². The van der Waals surface area contributed by atoms with Gasteiger partial charge in [-0.25, -0.2) is 9.44 Å². The first kappa shape index (κ1) is 20.6. The Balaban J connectivity index is 0.00000242. The molecule has 0 aliphatic carbocycles. The minimum Gasteiger partial charge on any atom is -1.00 e. The van der Waals surface area contributed by atoms with Crippen molar-refractivity contribution in [3.8, 4) is 0 Å². The second kappa shape index (κ2) is 9.17. The number of nitrogens with zero attached hydrogens (tertiary/aromatic N) is 4. The summed E-state index contributed by atoms with van der Waals surface area (Å²) in [5.74, 6) is 0.228. The normalized spacial score (nSPS) is 21.5. The Morgan fingerprint density at radius 1 is 1.36 bits per heavy atom. The van der Waals surface area contributed by atoms with E-state index in [0.29, 0.717) is 13.1 Å². The van der Waals surface area contributed by atoms with E-state index in [-0.39, 0.29) is 76.4 Å². The average molecular weight is 353 g/mol. The first-order valence-corrected chi connectivity index (χ1v) is 8.53. The van der Waals surface area contributed by atoms with Crippen LogP contribution < -0.4 is 56.0 Å². The summed E-state index contributed by atoms with van der Waals surface area (Å²) in [4.78, 5) is 14.1. The molecule has 1 fully saturated rings. The van der Waals surface area contributed by atoms with E-state index in [1.165, 1.54) is 17.8 Å². The predicted octanol–water partition coefficient (Wildman–Crippen LogP) is 0.599. The largest absolute Gasteiger partial charge is 1.00 e. The van der Waals surface area contributed by atoms with E-state index in [1.54, 1.807) is 4.90 Å². The minimum atomic E-state index is -0.960. The molecule has 0 saturated carbocycles. The molecule has 0 radical (unpaired) electrons. The third-order valence-corrected chi connectivity index (χ3v) is 5.10. The number of hydrogen-bond donors (Lipinski definition) is 0. The van der Waals surface area contributed by atoms with Gasteiger partial charge in [0, 0.05) is 12.5 Å². The molecule has 0 N–H and O–H groups in total. The number of rotatable bonds is 7. The van der Waals surface area contributed by atoms with E-state index in [1.807, 2.05) is 13.8 Å². The summed E-state index contributed by atoms with van der Waals surface area (Å²) in [7, 11) is 0. The molecule has 2 rings (SSSR count). The van der Waals surface area contributed by atoms with Gasteiger partial charge in [0.05, 0.1) is 6.54 Å². The molecule has 2 heterocycles. The van der Waals surface area contributed by atoms with Crippen molar-refractivity contribution in [2.45, 2.75) is 52.4 Å². The molecule has 1 aliphatic rings. The summed E-state index contributed by atoms with van der Waals surface area (Å²) in [5, 5.41) is 21.9. The molecule has 0 aromatic carbocycles. The van der Waals surface area contributed by atoms with E-state index in [2.05, 4.69) is 17.1 Å². The second-order valence-electron chi connectivity index (χ2n) is 5.87. The molecule has 2 amide bonds. The van der Waals surface area contributed by atoms with Gasteiger partial charge in [-0.15, -0.1) is 5.10 Å². The molecule has 1 aromatic rings. The Labute approximate surface area is 180 Å². The van der Waals surface area contributed by atoms with Gasteiger partial charge in [-0.2, -0.15) is 0 Å². The Morgan fingerprint density at radius 3 is 2.68 bits per heavy atom. The molecular weight excluding hydrogens is 327 g/mol. The maximum absolute atomic E-state index is 12.8. The maximum atomic E-state index is 12.8. The zero-order chi connectivity index (χ0) is 15.5. The number of unbranched alkanes of at least 4 members (excludes halogenated alkanes) is 3. The zero-order valence-corrected chi connectivity index (χ0v) is 18.0. The van der Waals surface area contributed by atoms with Crippen molar-refractivity contribution in [3.05, 3.63) is 10.2 Å². The minimum absolute atomic E-state index is 0. The van der Waals surface area contributed by atoms with Crippen molar-refractivity contribution in [1.29, 1.82) is 0 Å². The number of urea groups is 1. The smallest absolute Gasteiger partial charge is 1.00 e. The van der Waals surface area contributed by atoms with Crippen molar-refractivity contribution in [1.82, 2.24) is 19.7 Å². The molecule has 0 bridgehead atoms. The van der Waals surface area contributed by atoms with Crippen LogP contribution in [0.5, 0.6) is 0 Å². The van der Waals surface area contributed by atoms with Crippen LogP contribution in [0.25, 0.3) is 0 Å². The predicted molar refractivity (Wildman–Crippen MR) is 86.2 cm³/mol. The zero-order valence-electron chi connectivity index (χ0n) is 15.0. The van der Waals surface area contributed by atoms with E-state index in [0.717, 1.165) is 24.3 Å². The van der Waals surface area contributed by atoms with Crippen LogP contribution in [0.2, 0.25) is 0 Å². The van der Waals surface area contributed by atoms with Gasteiger partial charge in [0.2, 0.25) is 0 Å². The van der Waals surface area contributed by atoms with Crippen LogP contribution in [0.3, 0.4) is 0 Å². The van der Waals surface area contributed by atoms with Gasteiger partial charge in [0.25, 0.3) is 0 Å². The first-order chi connectivity index (χ1) is 9.99. The number of carbonyl (C=O) groups excluding carboxylic acids is 1. The van der Waals surface area contributed by atoms with Crippen LogP contribution >= 0.6 is 11.3 Å². The van der Waals surface area contributed by atoms with E-state index < -0.39 is 4.65 Å². The molecule has 1 aromatic heterocycles. The van der Waals surface area contributed by atoms with Crippen LogP contribution in [0.4, 0.5) is 9.93 Å². The molecule has 1 aliphatic heterocycles. The average Bonchev–Trinajstić information content (AvgIpc) is 3.05. The van der Waals surface area contributed by atoms with Crippen LogP contribution in [0.1, 0.15) is 58.8 Å². The number of hydrogen-bond acceptors (Lipinski definition) is 5. The Kier molecular flexibility index (Phi) is 8.60. The Hall–Kier alpha value is 0.586. The SMILES string of the molecule is CCCCCCN1CC[N+]([O-])(c2nnc(C(C)C)s2)C1=O.[H-].[K+]. The summed E-state index contributed by atoms with van der Waals surface area (Å²) in [5.41, 5.74) is 0. The number of aromatic nitrogens is 2. The fourth-order valence-electron chi connectivity index (χ4n) is 2.40. The summed E-state index contributed by atoms with van der Waals surface area (Å²) in [6.07, 6.45) is 4.41. The molecule has 6 nitrogen and oxygen atoms in total. The van der Waals surface area contributed by atoms with E-state index in [9.17, 15) is 10.0 Å². The second-order valence-corrected chi connectivity index (χ2v) is 6.86. The molecular formula is C14H25KN4O2S. The van der Waals surface area contributed by atoms with Crippen LogP contribution in [0.15, 0.2) is 0 Å². The summed E-state index contributed by atoms with van der Waals surface area (Å²) < 4.78 is -0.960. The van der Waals surface area contributed by atoms with Crippen molar-refractivity contribution in [2.24, 2.45) is 0 Å². The van der Waals surface area contributed by atoms with Gasteiger partial charge in [-0.1, -0.05) is 45.1 Å². The molecule has 8 heteroatoms. The quantitative estimate of drug-likeness (QED) is 0.312. The molecule has 1 atom stereocenters. The summed E-state index contributed by atoms with van der Waals surface area (Å²) in [6, 6.07) is -0.377. The Morgan fingerprint density at radius 2 is 2.09 bits per heavy atom. The molecule has 1 unspecified atom stereocenters. The van der Waals surface area contributed by atoms with Gasteiger partial charge in [0.15, 0.2) is 0 Å². The molecule has 1 saturated heterocycles.